The number of Topliss-reactive ketones (excluding diaryl/α,β-unsaturated/α-hetero) is 1. The van der Waals surface area contributed by atoms with Gasteiger partial charge >= 0.3 is 10.4 Å². The number of aromatic hydroxyl groups is 1. The molecule has 2 aliphatic heterocycles. The second kappa shape index (κ2) is 21.4. The van der Waals surface area contributed by atoms with E-state index in [9.17, 15) is 48.3 Å². The first-order chi connectivity index (χ1) is 33.0. The van der Waals surface area contributed by atoms with Crippen LogP contribution in [0, 0.1) is 0 Å². The van der Waals surface area contributed by atoms with E-state index in [1.807, 2.05) is 0 Å². The maximum absolute atomic E-state index is 14.4. The van der Waals surface area contributed by atoms with Gasteiger partial charge in [-0.3, -0.25) is 14.4 Å². The van der Waals surface area contributed by atoms with Crippen molar-refractivity contribution in [3.8, 4) is 28.7 Å². The van der Waals surface area contributed by atoms with Gasteiger partial charge in [0.1, 0.15) is 48.2 Å². The van der Waals surface area contributed by atoms with Gasteiger partial charge in [0.05, 0.1) is 38.1 Å². The van der Waals surface area contributed by atoms with Crippen LogP contribution in [0.1, 0.15) is 49.6 Å². The molecule has 5 aromatic rings. The zero-order chi connectivity index (χ0) is 49.7. The molecule has 1 fully saturated rings. The molecule has 2 amide bonds. The standard InChI is InChI=1S/C43H45ClN6O18S/c1-21(52)27-12-23-13-30(47-29(23)16-32(27)53)42(58)50-19-24(18-44)37-28-15-25(61-3)5-6-26(28)34(17-31(37)50)66-69(59,60)67-35-14-22(41(57)49(2)9-11-63-68-62-10-8-46-48-45)4-7-33(35)64-43-40(56)39(55)38(54)36(20-51)65-43/h4-7,12-17,24,36,38-40,43,47,51,53-56H,8-11,18-20H2,1-3H3/t24-,36-,38+,39+,40?,43-/m1/s1. The summed E-state index contributed by atoms with van der Waals surface area (Å²) in [5.41, 5.74) is 9.42. The number of rotatable bonds is 20. The van der Waals surface area contributed by atoms with Gasteiger partial charge in [-0.2, -0.15) is 0 Å². The van der Waals surface area contributed by atoms with Gasteiger partial charge < -0.3 is 62.9 Å². The van der Waals surface area contributed by atoms with Crippen LogP contribution in [0.3, 0.4) is 0 Å². The number of methoxy groups -OCH3 is 1. The van der Waals surface area contributed by atoms with Crippen LogP contribution >= 0.6 is 11.6 Å². The van der Waals surface area contributed by atoms with E-state index in [0.717, 1.165) is 12.1 Å². The third kappa shape index (κ3) is 10.9. The number of azide groups is 1. The molecule has 6 N–H and O–H groups in total. The average Bonchev–Trinajstić information content (AvgIpc) is 3.93. The van der Waals surface area contributed by atoms with Crippen molar-refractivity contribution in [2.45, 2.75) is 43.5 Å². The van der Waals surface area contributed by atoms with E-state index in [2.05, 4.69) is 20.0 Å². The van der Waals surface area contributed by atoms with E-state index in [1.165, 1.54) is 67.3 Å². The molecular weight excluding hydrogens is 956 g/mol. The maximum Gasteiger partial charge on any atom is 0.501 e. The first-order valence-corrected chi connectivity index (χ1v) is 22.7. The van der Waals surface area contributed by atoms with Crippen molar-refractivity contribution in [1.29, 1.82) is 0 Å². The number of anilines is 1. The minimum atomic E-state index is -5.29. The van der Waals surface area contributed by atoms with Gasteiger partial charge in [0.15, 0.2) is 23.0 Å². The third-order valence-electron chi connectivity index (χ3n) is 11.2. The number of ether oxygens (including phenoxy) is 3. The van der Waals surface area contributed by atoms with Crippen molar-refractivity contribution in [3.63, 3.8) is 0 Å². The van der Waals surface area contributed by atoms with E-state index in [4.69, 9.17) is 49.5 Å². The number of amides is 2. The van der Waals surface area contributed by atoms with Crippen molar-refractivity contribution in [2.75, 3.05) is 64.4 Å². The Kier molecular flexibility index (Phi) is 15.7. The summed E-state index contributed by atoms with van der Waals surface area (Å²) in [4.78, 5) is 57.8. The summed E-state index contributed by atoms with van der Waals surface area (Å²) in [5, 5.41) is 60.6. The van der Waals surface area contributed by atoms with Crippen LogP contribution in [0.25, 0.3) is 32.1 Å². The summed E-state index contributed by atoms with van der Waals surface area (Å²) in [6.45, 7) is 0.0770. The number of hydrogen-bond donors (Lipinski definition) is 6. The molecule has 4 aromatic carbocycles. The molecule has 0 saturated carbocycles. The highest BCUT2D eigenvalue weighted by atomic mass is 35.5. The molecule has 26 heteroatoms. The number of aliphatic hydroxyl groups excluding tert-OH is 4. The number of nitrogens with zero attached hydrogens (tertiary/aromatic N) is 5. The summed E-state index contributed by atoms with van der Waals surface area (Å²) >= 11 is 6.51. The SMILES string of the molecule is COc1ccc2c(OS(=O)(=O)Oc3cc(C(=O)N(C)CCOOOCCN=[N+]=[N-])ccc3O[C@@H]3O[C@H](CO)[C@H](O)[C@H](O)C3O)cc3c(c2c1)[C@H](CCl)CN3C(=O)c1cc2cc(C(C)=O)c(O)cc2[nH]1. The third-order valence-corrected chi connectivity index (χ3v) is 12.3. The van der Waals surface area contributed by atoms with Crippen LogP contribution < -0.4 is 22.7 Å². The fraction of sp³-hybridized carbons (Fsp3) is 0.372. The number of likely N-dealkylation sites (N-methyl/N-ethyl adjacent to an activating group) is 1. The number of halogens is 1. The zero-order valence-electron chi connectivity index (χ0n) is 36.8. The highest BCUT2D eigenvalue weighted by molar-refractivity contribution is 7.82. The number of hydrogen-bond acceptors (Lipinski definition) is 19. The summed E-state index contributed by atoms with van der Waals surface area (Å²) in [5.74, 6) is -3.54. The number of alkyl halides is 1. The van der Waals surface area contributed by atoms with Crippen molar-refractivity contribution in [2.24, 2.45) is 5.11 Å². The summed E-state index contributed by atoms with van der Waals surface area (Å²) in [7, 11) is -2.48. The quantitative estimate of drug-likeness (QED) is 0.00951. The fourth-order valence-electron chi connectivity index (χ4n) is 7.72. The van der Waals surface area contributed by atoms with E-state index < -0.39 is 76.9 Å². The largest absolute Gasteiger partial charge is 0.507 e. The molecule has 2 aliphatic rings. The second-order valence-electron chi connectivity index (χ2n) is 15.6. The molecule has 0 aliphatic carbocycles. The molecule has 1 saturated heterocycles. The van der Waals surface area contributed by atoms with Crippen LogP contribution in [0.2, 0.25) is 0 Å². The fourth-order valence-corrected chi connectivity index (χ4v) is 8.71. The zero-order valence-corrected chi connectivity index (χ0v) is 38.3. The molecule has 6 atom stereocenters. The Balaban J connectivity index is 1.22. The lowest BCUT2D eigenvalue weighted by Crippen LogP contribution is -2.60. The van der Waals surface area contributed by atoms with Crippen molar-refractivity contribution in [1.82, 2.24) is 9.88 Å². The normalized spacial score (nSPS) is 20.0. The number of nitrogens with one attached hydrogen (secondary N) is 1. The number of aliphatic hydroxyl groups is 4. The van der Waals surface area contributed by atoms with Gasteiger partial charge in [0.25, 0.3) is 11.8 Å². The number of aromatic amines is 1. The number of benzene rings is 4. The van der Waals surface area contributed by atoms with E-state index >= 15 is 0 Å². The minimum Gasteiger partial charge on any atom is -0.507 e. The van der Waals surface area contributed by atoms with Gasteiger partial charge in [-0.15, -0.1) is 20.0 Å². The monoisotopic (exact) mass is 1000 g/mol. The molecule has 1 unspecified atom stereocenters. The van der Waals surface area contributed by atoms with Gasteiger partial charge in [0.2, 0.25) is 6.29 Å². The van der Waals surface area contributed by atoms with Crippen molar-refractivity contribution >= 4 is 67.0 Å². The number of H-pyrrole nitrogens is 1. The number of phenolic OH excluding ortho intramolecular Hbond substituents is 1. The Hall–Kier alpha value is -6.48. The van der Waals surface area contributed by atoms with E-state index in [-0.39, 0.29) is 83.9 Å². The molecular formula is C43H45ClN6O18S. The topological polar surface area (TPSA) is 331 Å². The lowest BCUT2D eigenvalue weighted by Gasteiger charge is -2.39. The van der Waals surface area contributed by atoms with Crippen LogP contribution in [0.5, 0.6) is 28.7 Å². The predicted molar refractivity (Wildman–Crippen MR) is 241 cm³/mol. The predicted octanol–water partition coefficient (Wildman–Crippen LogP) is 3.36. The summed E-state index contributed by atoms with van der Waals surface area (Å²) < 4.78 is 56.3. The number of ketones is 1. The molecule has 7 rings (SSSR count). The van der Waals surface area contributed by atoms with Crippen LogP contribution in [0.4, 0.5) is 5.69 Å². The Morgan fingerprint density at radius 3 is 2.43 bits per heavy atom. The van der Waals surface area contributed by atoms with Crippen LogP contribution in [0.15, 0.2) is 65.8 Å². The average molecular weight is 1000 g/mol. The molecule has 24 nitrogen and oxygen atoms in total. The lowest BCUT2D eigenvalue weighted by molar-refractivity contribution is -0.511. The van der Waals surface area contributed by atoms with Gasteiger partial charge in [-0.1, -0.05) is 10.2 Å². The Labute approximate surface area is 396 Å². The maximum atomic E-state index is 14.4. The number of carbonyl (C=O) groups is 3. The van der Waals surface area contributed by atoms with Crippen molar-refractivity contribution in [3.05, 3.63) is 93.5 Å². The molecule has 69 heavy (non-hydrogen) atoms. The highest BCUT2D eigenvalue weighted by Gasteiger charge is 2.45. The molecule has 0 spiro atoms. The van der Waals surface area contributed by atoms with Crippen molar-refractivity contribution < 1.29 is 85.7 Å². The van der Waals surface area contributed by atoms with Gasteiger partial charge in [-0.05, 0) is 71.9 Å². The van der Waals surface area contributed by atoms with Crippen LogP contribution in [-0.4, -0.2) is 152 Å². The smallest absolute Gasteiger partial charge is 0.501 e. The van der Waals surface area contributed by atoms with Crippen LogP contribution in [-0.2, 0) is 29.9 Å². The molecule has 368 valence electrons. The second-order valence-corrected chi connectivity index (χ2v) is 17.1. The number of phenols is 1. The highest BCUT2D eigenvalue weighted by Crippen LogP contribution is 2.47. The molecule has 1 aromatic heterocycles. The number of aromatic nitrogens is 1. The summed E-state index contributed by atoms with van der Waals surface area (Å²) in [6, 6.07) is 13.6. The van der Waals surface area contributed by atoms with E-state index in [1.54, 1.807) is 12.1 Å². The number of fused-ring (bicyclic) bond motifs is 4. The summed E-state index contributed by atoms with van der Waals surface area (Å²) in [6.07, 6.45) is -8.81. The van der Waals surface area contributed by atoms with Gasteiger partial charge in [-0.25, -0.2) is 9.78 Å². The Morgan fingerprint density at radius 2 is 1.72 bits per heavy atom. The molecule has 0 radical (unpaired) electrons. The number of carbonyl (C=O) groups excluding carboxylic acids is 3. The lowest BCUT2D eigenvalue weighted by atomic mass is 9.95. The first-order valence-electron chi connectivity index (χ1n) is 20.8. The van der Waals surface area contributed by atoms with E-state index in [0.29, 0.717) is 27.6 Å². The Bertz CT molecular complexity index is 2910. The minimum absolute atomic E-state index is 0.0282. The molecule has 0 bridgehead atoms. The Morgan fingerprint density at radius 1 is 0.971 bits per heavy atom. The molecule has 3 heterocycles. The first kappa shape index (κ1) is 50.4. The van der Waals surface area contributed by atoms with Gasteiger partial charge in [0, 0.05) is 70.8 Å².